The number of benzene rings is 1. The molecule has 0 radical (unpaired) electrons. The van der Waals surface area contributed by atoms with E-state index >= 15 is 0 Å². The molecule has 2 rings (SSSR count). The zero-order chi connectivity index (χ0) is 20.5. The lowest BCUT2D eigenvalue weighted by Gasteiger charge is -2.24. The Morgan fingerprint density at radius 1 is 1.36 bits per heavy atom. The van der Waals surface area contributed by atoms with Crippen LogP contribution in [0.25, 0.3) is 0 Å². The van der Waals surface area contributed by atoms with E-state index in [-0.39, 0.29) is 24.8 Å². The van der Waals surface area contributed by atoms with Crippen molar-refractivity contribution < 1.29 is 19.4 Å². The van der Waals surface area contributed by atoms with Crippen molar-refractivity contribution in [2.45, 2.75) is 39.0 Å². The zero-order valence-electron chi connectivity index (χ0n) is 16.4. The number of β-amino-alcohol motifs (C(OH)–C–C–N with tert-alkyl or cyclic N) is 1. The van der Waals surface area contributed by atoms with Crippen LogP contribution < -0.4 is 5.32 Å². The van der Waals surface area contributed by atoms with Gasteiger partial charge in [-0.05, 0) is 31.6 Å². The van der Waals surface area contributed by atoms with Crippen molar-refractivity contribution in [3.63, 3.8) is 0 Å². The summed E-state index contributed by atoms with van der Waals surface area (Å²) in [4.78, 5) is 27.1. The molecule has 1 aliphatic rings. The summed E-state index contributed by atoms with van der Waals surface area (Å²) in [6.07, 6.45) is 4.27. The van der Waals surface area contributed by atoms with Crippen molar-refractivity contribution in [2.24, 2.45) is 0 Å². The number of likely N-dealkylation sites (tertiary alicyclic amines) is 1. The van der Waals surface area contributed by atoms with Gasteiger partial charge < -0.3 is 20.1 Å². The molecule has 2 amide bonds. The Labute approximate surface area is 166 Å². The molecule has 1 fully saturated rings. The Morgan fingerprint density at radius 3 is 2.68 bits per heavy atom. The van der Waals surface area contributed by atoms with Crippen molar-refractivity contribution in [3.05, 3.63) is 72.0 Å². The second kappa shape index (κ2) is 10.5. The highest BCUT2D eigenvalue weighted by molar-refractivity contribution is 5.99. The first-order valence-electron chi connectivity index (χ1n) is 9.44. The zero-order valence-corrected chi connectivity index (χ0v) is 16.4. The Bertz CT molecular complexity index is 755. The Balaban J connectivity index is 2.11. The van der Waals surface area contributed by atoms with E-state index in [2.05, 4.69) is 11.9 Å². The van der Waals surface area contributed by atoms with E-state index < -0.39 is 12.1 Å². The van der Waals surface area contributed by atoms with Crippen LogP contribution in [0, 0.1) is 0 Å². The lowest BCUT2D eigenvalue weighted by Crippen LogP contribution is -2.46. The molecule has 1 aromatic carbocycles. The van der Waals surface area contributed by atoms with Crippen LogP contribution in [0.2, 0.25) is 0 Å². The van der Waals surface area contributed by atoms with Gasteiger partial charge in [-0.2, -0.15) is 0 Å². The third-order valence-corrected chi connectivity index (χ3v) is 4.52. The van der Waals surface area contributed by atoms with Crippen LogP contribution in [0.1, 0.15) is 25.8 Å². The molecule has 6 nitrogen and oxygen atoms in total. The van der Waals surface area contributed by atoms with E-state index in [1.165, 1.54) is 11.0 Å². The van der Waals surface area contributed by atoms with Gasteiger partial charge in [0, 0.05) is 25.1 Å². The van der Waals surface area contributed by atoms with Gasteiger partial charge in [0.05, 0.1) is 12.7 Å². The SMILES string of the molecule is C=C/C(=C\C(=C/C)C(=O)N1C[C@H](O)C[C@H]1C(=O)NCc1ccccc1)OCC. The molecule has 0 spiro atoms. The van der Waals surface area contributed by atoms with Crippen LogP contribution in [-0.2, 0) is 20.9 Å². The van der Waals surface area contributed by atoms with Gasteiger partial charge in [-0.15, -0.1) is 0 Å². The molecule has 0 aliphatic carbocycles. The minimum absolute atomic E-state index is 0.117. The van der Waals surface area contributed by atoms with Crippen LogP contribution in [0.4, 0.5) is 0 Å². The highest BCUT2D eigenvalue weighted by atomic mass is 16.5. The van der Waals surface area contributed by atoms with Gasteiger partial charge in [0.2, 0.25) is 5.91 Å². The van der Waals surface area contributed by atoms with E-state index in [1.807, 2.05) is 37.3 Å². The quantitative estimate of drug-likeness (QED) is 0.410. The summed E-state index contributed by atoms with van der Waals surface area (Å²) in [5, 5.41) is 12.9. The number of rotatable bonds is 8. The van der Waals surface area contributed by atoms with Gasteiger partial charge in [-0.1, -0.05) is 43.0 Å². The van der Waals surface area contributed by atoms with Crippen molar-refractivity contribution in [3.8, 4) is 0 Å². The Hall–Kier alpha value is -2.86. The van der Waals surface area contributed by atoms with Crippen LogP contribution in [0.5, 0.6) is 0 Å². The maximum Gasteiger partial charge on any atom is 0.254 e. The topological polar surface area (TPSA) is 78.9 Å². The minimum Gasteiger partial charge on any atom is -0.494 e. The highest BCUT2D eigenvalue weighted by Crippen LogP contribution is 2.22. The number of nitrogens with one attached hydrogen (secondary N) is 1. The molecule has 1 saturated heterocycles. The molecule has 6 heteroatoms. The van der Waals surface area contributed by atoms with Gasteiger partial charge >= 0.3 is 0 Å². The summed E-state index contributed by atoms with van der Waals surface area (Å²) < 4.78 is 5.42. The van der Waals surface area contributed by atoms with Crippen molar-refractivity contribution >= 4 is 11.8 Å². The summed E-state index contributed by atoms with van der Waals surface area (Å²) in [7, 11) is 0. The van der Waals surface area contributed by atoms with E-state index in [1.54, 1.807) is 19.1 Å². The summed E-state index contributed by atoms with van der Waals surface area (Å²) in [5.41, 5.74) is 1.36. The largest absolute Gasteiger partial charge is 0.494 e. The normalized spacial score (nSPS) is 20.0. The van der Waals surface area contributed by atoms with E-state index in [9.17, 15) is 14.7 Å². The van der Waals surface area contributed by atoms with Gasteiger partial charge in [-0.25, -0.2) is 0 Å². The molecule has 2 atom stereocenters. The van der Waals surface area contributed by atoms with Crippen molar-refractivity contribution in [1.82, 2.24) is 10.2 Å². The number of aliphatic hydroxyl groups excluding tert-OH is 1. The fourth-order valence-electron chi connectivity index (χ4n) is 3.10. The summed E-state index contributed by atoms with van der Waals surface area (Å²) in [6.45, 7) is 8.21. The second-order valence-electron chi connectivity index (χ2n) is 6.49. The molecule has 28 heavy (non-hydrogen) atoms. The number of amides is 2. The van der Waals surface area contributed by atoms with E-state index in [0.717, 1.165) is 5.56 Å². The number of aliphatic hydroxyl groups is 1. The van der Waals surface area contributed by atoms with Crippen molar-refractivity contribution in [1.29, 1.82) is 0 Å². The molecule has 0 aromatic heterocycles. The molecular formula is C22H28N2O4. The first-order chi connectivity index (χ1) is 13.5. The minimum atomic E-state index is -0.732. The van der Waals surface area contributed by atoms with Crippen molar-refractivity contribution in [2.75, 3.05) is 13.2 Å². The maximum absolute atomic E-state index is 13.0. The summed E-state index contributed by atoms with van der Waals surface area (Å²) in [5.74, 6) is -0.117. The Kier molecular flexibility index (Phi) is 8.02. The monoisotopic (exact) mass is 384 g/mol. The first-order valence-corrected chi connectivity index (χ1v) is 9.44. The lowest BCUT2D eigenvalue weighted by atomic mass is 10.1. The van der Waals surface area contributed by atoms with Gasteiger partial charge in [0.25, 0.3) is 5.91 Å². The molecule has 1 aromatic rings. The fraction of sp³-hybridized carbons (Fsp3) is 0.364. The highest BCUT2D eigenvalue weighted by Gasteiger charge is 2.39. The molecular weight excluding hydrogens is 356 g/mol. The van der Waals surface area contributed by atoms with Crippen LogP contribution in [0.3, 0.4) is 0 Å². The molecule has 1 aliphatic heterocycles. The number of hydrogen-bond donors (Lipinski definition) is 2. The van der Waals surface area contributed by atoms with E-state index in [0.29, 0.717) is 24.5 Å². The average Bonchev–Trinajstić information content (AvgIpc) is 3.11. The molecule has 0 saturated carbocycles. The number of hydrogen-bond acceptors (Lipinski definition) is 4. The standard InChI is InChI=1S/C22H28N2O4/c1-4-17(12-19(5-2)28-6-3)22(27)24-15-18(25)13-20(24)21(26)23-14-16-10-8-7-9-11-16/h4-5,7-12,18,20,25H,2,6,13-15H2,1,3H3,(H,23,26)/b17-4+,19-12+/t18-,20+/m1/s1. The first kappa shape index (κ1) is 21.4. The van der Waals surface area contributed by atoms with Crippen LogP contribution in [0.15, 0.2) is 66.5 Å². The number of ether oxygens (including phenoxy) is 1. The smallest absolute Gasteiger partial charge is 0.254 e. The number of allylic oxidation sites excluding steroid dienone is 2. The summed E-state index contributed by atoms with van der Waals surface area (Å²) >= 11 is 0. The lowest BCUT2D eigenvalue weighted by molar-refractivity contribution is -0.135. The number of nitrogens with zero attached hydrogens (tertiary/aromatic N) is 1. The van der Waals surface area contributed by atoms with Gasteiger partial charge in [0.15, 0.2) is 0 Å². The number of carbonyl (C=O) groups is 2. The molecule has 0 unspecified atom stereocenters. The van der Waals surface area contributed by atoms with E-state index in [4.69, 9.17) is 4.74 Å². The van der Waals surface area contributed by atoms with Crippen LogP contribution >= 0.6 is 0 Å². The van der Waals surface area contributed by atoms with Gasteiger partial charge in [-0.3, -0.25) is 9.59 Å². The molecule has 2 N–H and O–H groups in total. The molecule has 150 valence electrons. The third-order valence-electron chi connectivity index (χ3n) is 4.52. The maximum atomic E-state index is 13.0. The fourth-order valence-corrected chi connectivity index (χ4v) is 3.10. The van der Waals surface area contributed by atoms with Crippen LogP contribution in [-0.4, -0.2) is 47.1 Å². The Morgan fingerprint density at radius 2 is 2.07 bits per heavy atom. The second-order valence-corrected chi connectivity index (χ2v) is 6.49. The predicted octanol–water partition coefficient (Wildman–Crippen LogP) is 2.32. The third kappa shape index (κ3) is 5.57. The molecule has 1 heterocycles. The number of carbonyl (C=O) groups excluding carboxylic acids is 2. The average molecular weight is 384 g/mol. The summed E-state index contributed by atoms with van der Waals surface area (Å²) in [6, 6.07) is 8.83. The van der Waals surface area contributed by atoms with Gasteiger partial charge in [0.1, 0.15) is 11.8 Å². The predicted molar refractivity (Wildman–Crippen MR) is 108 cm³/mol. The molecule has 0 bridgehead atoms.